The Hall–Kier alpha value is -2.83. The van der Waals surface area contributed by atoms with Gasteiger partial charge in [-0.15, -0.1) is 0 Å². The Labute approximate surface area is 115 Å². The number of likely N-dealkylation sites (N-methyl/N-ethyl adjacent to an activating group) is 1. The van der Waals surface area contributed by atoms with E-state index in [0.29, 0.717) is 16.9 Å². The van der Waals surface area contributed by atoms with E-state index in [1.807, 2.05) is 0 Å². The summed E-state index contributed by atoms with van der Waals surface area (Å²) in [6.45, 7) is 0.105. The van der Waals surface area contributed by atoms with Gasteiger partial charge < -0.3 is 16.4 Å². The molecule has 1 aromatic heterocycles. The minimum atomic E-state index is -0.260. The first-order valence-electron chi connectivity index (χ1n) is 5.98. The number of benzene rings is 1. The molecule has 1 aromatic carbocycles. The Balaban J connectivity index is 2.01. The van der Waals surface area contributed by atoms with Gasteiger partial charge in [-0.1, -0.05) is 0 Å². The smallest absolute Gasteiger partial charge is 0.255 e. The Morgan fingerprint density at radius 3 is 2.65 bits per heavy atom. The van der Waals surface area contributed by atoms with Crippen molar-refractivity contribution in [1.29, 1.82) is 0 Å². The topological polar surface area (TPSA) is 102 Å². The van der Waals surface area contributed by atoms with Gasteiger partial charge in [-0.3, -0.25) is 14.3 Å². The normalized spacial score (nSPS) is 10.1. The van der Waals surface area contributed by atoms with Crippen molar-refractivity contribution in [2.45, 2.75) is 6.54 Å². The highest BCUT2D eigenvalue weighted by atomic mass is 16.2. The summed E-state index contributed by atoms with van der Waals surface area (Å²) in [5, 5.41) is 9.18. The minimum Gasteiger partial charge on any atom is -0.399 e. The molecule has 0 aliphatic heterocycles. The van der Waals surface area contributed by atoms with Crippen LogP contribution in [0.2, 0.25) is 0 Å². The molecule has 0 aliphatic carbocycles. The van der Waals surface area contributed by atoms with Gasteiger partial charge in [0.2, 0.25) is 5.91 Å². The average molecular weight is 273 g/mol. The fourth-order valence-corrected chi connectivity index (χ4v) is 1.58. The van der Waals surface area contributed by atoms with Crippen LogP contribution < -0.4 is 16.4 Å². The van der Waals surface area contributed by atoms with Crippen molar-refractivity contribution < 1.29 is 9.59 Å². The van der Waals surface area contributed by atoms with Crippen LogP contribution in [0.15, 0.2) is 36.7 Å². The lowest BCUT2D eigenvalue weighted by Gasteiger charge is -2.02. The van der Waals surface area contributed by atoms with Gasteiger partial charge in [0.05, 0.1) is 11.9 Å². The van der Waals surface area contributed by atoms with Gasteiger partial charge in [0, 0.05) is 24.5 Å². The SMILES string of the molecule is CNC(=O)Cn1cc(NC(=O)c2ccc(N)cc2)cn1. The zero-order valence-corrected chi connectivity index (χ0v) is 11.0. The number of carbonyl (C=O) groups excluding carboxylic acids is 2. The molecular weight excluding hydrogens is 258 g/mol. The molecule has 1 heterocycles. The molecule has 0 spiro atoms. The molecule has 2 amide bonds. The number of nitrogen functional groups attached to an aromatic ring is 1. The lowest BCUT2D eigenvalue weighted by molar-refractivity contribution is -0.121. The van der Waals surface area contributed by atoms with Gasteiger partial charge in [0.1, 0.15) is 6.54 Å². The number of rotatable bonds is 4. The fourth-order valence-electron chi connectivity index (χ4n) is 1.58. The van der Waals surface area contributed by atoms with E-state index < -0.39 is 0 Å². The molecule has 0 radical (unpaired) electrons. The molecule has 7 heteroatoms. The summed E-state index contributed by atoms with van der Waals surface area (Å²) in [4.78, 5) is 23.1. The highest BCUT2D eigenvalue weighted by Gasteiger charge is 2.08. The molecule has 0 saturated carbocycles. The first-order chi connectivity index (χ1) is 9.58. The van der Waals surface area contributed by atoms with Gasteiger partial charge in [0.15, 0.2) is 0 Å². The number of amides is 2. The second-order valence-corrected chi connectivity index (χ2v) is 4.18. The molecule has 20 heavy (non-hydrogen) atoms. The third-order valence-electron chi connectivity index (χ3n) is 2.65. The maximum atomic E-state index is 11.9. The molecule has 0 fully saturated rings. The Morgan fingerprint density at radius 2 is 2.00 bits per heavy atom. The number of carbonyl (C=O) groups is 2. The van der Waals surface area contributed by atoms with E-state index >= 15 is 0 Å². The van der Waals surface area contributed by atoms with E-state index in [1.54, 1.807) is 37.5 Å². The van der Waals surface area contributed by atoms with Gasteiger partial charge in [0.25, 0.3) is 5.91 Å². The standard InChI is InChI=1S/C13H15N5O2/c1-15-12(19)8-18-7-11(6-16-18)17-13(20)9-2-4-10(14)5-3-9/h2-7H,8,14H2,1H3,(H,15,19)(H,17,20). The molecule has 0 saturated heterocycles. The summed E-state index contributed by atoms with van der Waals surface area (Å²) in [5.41, 5.74) is 7.18. The van der Waals surface area contributed by atoms with Crippen LogP contribution in [0.5, 0.6) is 0 Å². The van der Waals surface area contributed by atoms with Crippen LogP contribution in [0.1, 0.15) is 10.4 Å². The van der Waals surface area contributed by atoms with Gasteiger partial charge in [-0.25, -0.2) is 0 Å². The van der Waals surface area contributed by atoms with Gasteiger partial charge >= 0.3 is 0 Å². The first kappa shape index (κ1) is 13.6. The molecule has 2 aromatic rings. The lowest BCUT2D eigenvalue weighted by Crippen LogP contribution is -2.23. The predicted molar refractivity (Wildman–Crippen MR) is 75.1 cm³/mol. The van der Waals surface area contributed by atoms with Crippen molar-refractivity contribution >= 4 is 23.2 Å². The quantitative estimate of drug-likeness (QED) is 0.704. The van der Waals surface area contributed by atoms with E-state index in [4.69, 9.17) is 5.73 Å². The van der Waals surface area contributed by atoms with Crippen LogP contribution in [0.25, 0.3) is 0 Å². The first-order valence-corrected chi connectivity index (χ1v) is 5.98. The van der Waals surface area contributed by atoms with Crippen molar-refractivity contribution in [1.82, 2.24) is 15.1 Å². The molecule has 0 aliphatic rings. The maximum Gasteiger partial charge on any atom is 0.255 e. The number of hydrogen-bond donors (Lipinski definition) is 3. The van der Waals surface area contributed by atoms with E-state index in [-0.39, 0.29) is 18.4 Å². The summed E-state index contributed by atoms with van der Waals surface area (Å²) in [6.07, 6.45) is 3.07. The van der Waals surface area contributed by atoms with E-state index in [1.165, 1.54) is 10.9 Å². The lowest BCUT2D eigenvalue weighted by atomic mass is 10.2. The molecular formula is C13H15N5O2. The Kier molecular flexibility index (Phi) is 3.99. The maximum absolute atomic E-state index is 11.9. The Morgan fingerprint density at radius 1 is 1.30 bits per heavy atom. The second kappa shape index (κ2) is 5.87. The van der Waals surface area contributed by atoms with Crippen molar-refractivity contribution in [3.63, 3.8) is 0 Å². The van der Waals surface area contributed by atoms with Gasteiger partial charge in [-0.2, -0.15) is 5.10 Å². The van der Waals surface area contributed by atoms with Crippen LogP contribution in [0.4, 0.5) is 11.4 Å². The summed E-state index contributed by atoms with van der Waals surface area (Å²) >= 11 is 0. The fraction of sp³-hybridized carbons (Fsp3) is 0.154. The van der Waals surface area contributed by atoms with Crippen LogP contribution >= 0.6 is 0 Å². The molecule has 4 N–H and O–H groups in total. The number of aromatic nitrogens is 2. The number of anilines is 2. The predicted octanol–water partition coefficient (Wildman–Crippen LogP) is 0.464. The zero-order chi connectivity index (χ0) is 14.5. The van der Waals surface area contributed by atoms with Crippen LogP contribution in [0.3, 0.4) is 0 Å². The summed E-state index contributed by atoms with van der Waals surface area (Å²) in [6, 6.07) is 6.59. The zero-order valence-electron chi connectivity index (χ0n) is 11.0. The minimum absolute atomic E-state index is 0.105. The number of nitrogens with two attached hydrogens (primary N) is 1. The summed E-state index contributed by atoms with van der Waals surface area (Å²) in [7, 11) is 1.55. The largest absolute Gasteiger partial charge is 0.399 e. The monoisotopic (exact) mass is 273 g/mol. The highest BCUT2D eigenvalue weighted by Crippen LogP contribution is 2.10. The van der Waals surface area contributed by atoms with E-state index in [2.05, 4.69) is 15.7 Å². The van der Waals surface area contributed by atoms with Crippen molar-refractivity contribution in [3.05, 3.63) is 42.2 Å². The van der Waals surface area contributed by atoms with Crippen molar-refractivity contribution in [2.75, 3.05) is 18.1 Å². The number of hydrogen-bond acceptors (Lipinski definition) is 4. The third kappa shape index (κ3) is 3.35. The third-order valence-corrected chi connectivity index (χ3v) is 2.65. The van der Waals surface area contributed by atoms with Crippen LogP contribution in [0, 0.1) is 0 Å². The van der Waals surface area contributed by atoms with Crippen molar-refractivity contribution in [2.24, 2.45) is 0 Å². The molecule has 104 valence electrons. The van der Waals surface area contributed by atoms with Crippen LogP contribution in [-0.4, -0.2) is 28.6 Å². The summed E-state index contributed by atoms with van der Waals surface area (Å²) in [5.74, 6) is -0.422. The Bertz CT molecular complexity index is 618. The van der Waals surface area contributed by atoms with Crippen LogP contribution in [-0.2, 0) is 11.3 Å². The molecule has 0 bridgehead atoms. The number of nitrogens with one attached hydrogen (secondary N) is 2. The average Bonchev–Trinajstić information content (AvgIpc) is 2.86. The van der Waals surface area contributed by atoms with E-state index in [0.717, 1.165) is 0 Å². The highest BCUT2D eigenvalue weighted by molar-refractivity contribution is 6.04. The molecule has 2 rings (SSSR count). The number of nitrogens with zero attached hydrogens (tertiary/aromatic N) is 2. The van der Waals surface area contributed by atoms with Crippen molar-refractivity contribution in [3.8, 4) is 0 Å². The molecule has 7 nitrogen and oxygen atoms in total. The second-order valence-electron chi connectivity index (χ2n) is 4.18. The van der Waals surface area contributed by atoms with Gasteiger partial charge in [-0.05, 0) is 24.3 Å². The molecule has 0 unspecified atom stereocenters. The molecule has 0 atom stereocenters. The van der Waals surface area contributed by atoms with E-state index in [9.17, 15) is 9.59 Å². The summed E-state index contributed by atoms with van der Waals surface area (Å²) < 4.78 is 1.44.